The number of aromatic carboxylic acids is 1. The van der Waals surface area contributed by atoms with E-state index in [-0.39, 0.29) is 16.1 Å². The van der Waals surface area contributed by atoms with Gasteiger partial charge in [-0.05, 0) is 59.0 Å². The molecule has 22 heavy (non-hydrogen) atoms. The fraction of sp³-hybridized carbons (Fsp3) is 0. The number of hydrogen-bond donors (Lipinski definition) is 3. The average Bonchev–Trinajstić information content (AvgIpc) is 2.40. The van der Waals surface area contributed by atoms with Gasteiger partial charge >= 0.3 is 5.97 Å². The number of carbonyl (C=O) groups is 1. The Hall–Kier alpha value is -1.36. The van der Waals surface area contributed by atoms with E-state index in [9.17, 15) is 18.3 Å². The zero-order valence-corrected chi connectivity index (χ0v) is 14.6. The Morgan fingerprint density at radius 3 is 2.41 bits per heavy atom. The van der Waals surface area contributed by atoms with Crippen LogP contribution in [-0.4, -0.2) is 19.5 Å². The molecule has 2 rings (SSSR count). The Labute approximate surface area is 145 Å². The molecule has 0 heterocycles. The minimum absolute atomic E-state index is 0.0853. The Kier molecular flexibility index (Phi) is 4.95. The van der Waals surface area contributed by atoms with Gasteiger partial charge in [-0.25, -0.2) is 18.4 Å². The third kappa shape index (κ3) is 3.88. The molecular weight excluding hydrogens is 443 g/mol. The number of nitrogens with two attached hydrogens (primary N) is 1. The normalized spacial score (nSPS) is 11.2. The number of anilines is 2. The first-order chi connectivity index (χ1) is 10.2. The molecule has 0 atom stereocenters. The molecule has 0 amide bonds. The van der Waals surface area contributed by atoms with E-state index in [1.165, 1.54) is 6.07 Å². The molecule has 6 nitrogen and oxygen atoms in total. The van der Waals surface area contributed by atoms with Gasteiger partial charge in [0.2, 0.25) is 10.0 Å². The Bertz CT molecular complexity index is 855. The van der Waals surface area contributed by atoms with Crippen molar-refractivity contribution in [2.75, 3.05) is 5.32 Å². The van der Waals surface area contributed by atoms with E-state index in [4.69, 9.17) is 16.7 Å². The van der Waals surface area contributed by atoms with Gasteiger partial charge in [-0.1, -0.05) is 11.6 Å². The number of sulfonamides is 1. The Morgan fingerprint density at radius 1 is 1.18 bits per heavy atom. The predicted molar refractivity (Wildman–Crippen MR) is 92.2 cm³/mol. The summed E-state index contributed by atoms with van der Waals surface area (Å²) in [5, 5.41) is 17.5. The van der Waals surface area contributed by atoms with Crippen LogP contribution < -0.4 is 10.5 Å². The van der Waals surface area contributed by atoms with Crippen LogP contribution in [0.2, 0.25) is 5.02 Å². The molecule has 0 radical (unpaired) electrons. The first-order valence-electron chi connectivity index (χ1n) is 5.80. The van der Waals surface area contributed by atoms with Crippen LogP contribution in [0.3, 0.4) is 0 Å². The van der Waals surface area contributed by atoms with Crippen molar-refractivity contribution in [3.63, 3.8) is 0 Å². The molecular formula is C13H10ClIN2O4S. The molecule has 0 unspecified atom stereocenters. The highest BCUT2D eigenvalue weighted by Gasteiger charge is 2.16. The van der Waals surface area contributed by atoms with Crippen molar-refractivity contribution in [1.82, 2.24) is 0 Å². The number of carboxylic acid groups (broad SMARTS) is 1. The summed E-state index contributed by atoms with van der Waals surface area (Å²) >= 11 is 8.17. The highest BCUT2D eigenvalue weighted by molar-refractivity contribution is 14.1. The number of halogens is 2. The van der Waals surface area contributed by atoms with Crippen molar-refractivity contribution in [3.05, 3.63) is 50.6 Å². The van der Waals surface area contributed by atoms with Gasteiger partial charge in [0.05, 0.1) is 26.9 Å². The number of nitrogens with one attached hydrogen (secondary N) is 1. The maximum absolute atomic E-state index is 11.4. The molecule has 0 aliphatic heterocycles. The van der Waals surface area contributed by atoms with Crippen molar-refractivity contribution in [2.45, 2.75) is 4.90 Å². The standard InChI is InChI=1S/C13H10ClIN2O4S/c14-10-5-7(15)1-4-11(10)17-12-6-8(22(16,20)21)2-3-9(12)13(18)19/h1-6,17H,(H,18,19)(H2,16,20,21). The zero-order chi connectivity index (χ0) is 16.5. The lowest BCUT2D eigenvalue weighted by molar-refractivity contribution is 0.0698. The van der Waals surface area contributed by atoms with Gasteiger partial charge in [-0.15, -0.1) is 0 Å². The first-order valence-corrected chi connectivity index (χ1v) is 8.81. The van der Waals surface area contributed by atoms with E-state index in [0.29, 0.717) is 10.7 Å². The van der Waals surface area contributed by atoms with E-state index < -0.39 is 16.0 Å². The SMILES string of the molecule is NS(=O)(=O)c1ccc(C(=O)O)c(Nc2ccc(I)cc2Cl)c1. The summed E-state index contributed by atoms with van der Waals surface area (Å²) in [5.74, 6) is -1.20. The lowest BCUT2D eigenvalue weighted by atomic mass is 10.1. The lowest BCUT2D eigenvalue weighted by Crippen LogP contribution is -2.13. The predicted octanol–water partition coefficient (Wildman–Crippen LogP) is 3.03. The Morgan fingerprint density at radius 2 is 1.86 bits per heavy atom. The largest absolute Gasteiger partial charge is 0.478 e. The molecule has 4 N–H and O–H groups in total. The third-order valence-corrected chi connectivity index (χ3v) is 4.65. The summed E-state index contributed by atoms with van der Waals surface area (Å²) in [6, 6.07) is 8.60. The van der Waals surface area contributed by atoms with Gasteiger partial charge in [-0.3, -0.25) is 0 Å². The highest BCUT2D eigenvalue weighted by Crippen LogP contribution is 2.30. The first kappa shape index (κ1) is 17.0. The summed E-state index contributed by atoms with van der Waals surface area (Å²) in [6.07, 6.45) is 0. The highest BCUT2D eigenvalue weighted by atomic mass is 127. The van der Waals surface area contributed by atoms with Crippen molar-refractivity contribution in [3.8, 4) is 0 Å². The molecule has 0 aliphatic rings. The van der Waals surface area contributed by atoms with Crippen molar-refractivity contribution in [1.29, 1.82) is 0 Å². The zero-order valence-electron chi connectivity index (χ0n) is 10.9. The van der Waals surface area contributed by atoms with Gasteiger partial charge in [0.15, 0.2) is 0 Å². The maximum atomic E-state index is 11.4. The minimum Gasteiger partial charge on any atom is -0.478 e. The average molecular weight is 453 g/mol. The quantitative estimate of drug-likeness (QED) is 0.618. The minimum atomic E-state index is -3.94. The molecule has 0 bridgehead atoms. The van der Waals surface area contributed by atoms with Crippen LogP contribution in [0.4, 0.5) is 11.4 Å². The topological polar surface area (TPSA) is 109 Å². The van der Waals surface area contributed by atoms with Gasteiger partial charge in [0, 0.05) is 3.57 Å². The molecule has 0 spiro atoms. The number of hydrogen-bond acceptors (Lipinski definition) is 4. The second-order valence-corrected chi connectivity index (χ2v) is 7.52. The van der Waals surface area contributed by atoms with Crippen LogP contribution in [0.15, 0.2) is 41.3 Å². The molecule has 0 fully saturated rings. The smallest absolute Gasteiger partial charge is 0.337 e. The summed E-state index contributed by atoms with van der Waals surface area (Å²) in [6.45, 7) is 0. The van der Waals surface area contributed by atoms with Crippen LogP contribution in [0.5, 0.6) is 0 Å². The monoisotopic (exact) mass is 452 g/mol. The molecule has 2 aromatic carbocycles. The molecule has 0 aliphatic carbocycles. The van der Waals surface area contributed by atoms with Crippen molar-refractivity contribution < 1.29 is 18.3 Å². The molecule has 0 aromatic heterocycles. The van der Waals surface area contributed by atoms with E-state index >= 15 is 0 Å². The molecule has 2 aromatic rings. The Balaban J connectivity index is 2.54. The van der Waals surface area contributed by atoms with E-state index in [2.05, 4.69) is 27.9 Å². The van der Waals surface area contributed by atoms with Crippen LogP contribution in [0.25, 0.3) is 0 Å². The van der Waals surface area contributed by atoms with Gasteiger partial charge in [-0.2, -0.15) is 0 Å². The van der Waals surface area contributed by atoms with Crippen LogP contribution >= 0.6 is 34.2 Å². The fourth-order valence-corrected chi connectivity index (χ4v) is 3.17. The third-order valence-electron chi connectivity index (χ3n) is 2.75. The summed E-state index contributed by atoms with van der Waals surface area (Å²) in [5.41, 5.74) is 0.445. The van der Waals surface area contributed by atoms with Crippen molar-refractivity contribution in [2.24, 2.45) is 5.14 Å². The van der Waals surface area contributed by atoms with Crippen molar-refractivity contribution >= 4 is 61.6 Å². The molecule has 0 saturated heterocycles. The maximum Gasteiger partial charge on any atom is 0.337 e. The van der Waals surface area contributed by atoms with Gasteiger partial charge < -0.3 is 10.4 Å². The number of rotatable bonds is 4. The lowest BCUT2D eigenvalue weighted by Gasteiger charge is -2.12. The van der Waals surface area contributed by atoms with Gasteiger partial charge in [0.1, 0.15) is 0 Å². The van der Waals surface area contributed by atoms with Crippen LogP contribution in [0, 0.1) is 3.57 Å². The molecule has 116 valence electrons. The summed E-state index contributed by atoms with van der Waals surface area (Å²) < 4.78 is 23.7. The van der Waals surface area contributed by atoms with Crippen LogP contribution in [0.1, 0.15) is 10.4 Å². The van der Waals surface area contributed by atoms with E-state index in [0.717, 1.165) is 15.7 Å². The molecule has 0 saturated carbocycles. The summed E-state index contributed by atoms with van der Waals surface area (Å²) in [7, 11) is -3.94. The fourth-order valence-electron chi connectivity index (χ4n) is 1.73. The molecule has 9 heteroatoms. The number of benzene rings is 2. The van der Waals surface area contributed by atoms with E-state index in [1.807, 2.05) is 0 Å². The second-order valence-electron chi connectivity index (χ2n) is 4.31. The second kappa shape index (κ2) is 6.41. The number of primary sulfonamides is 1. The summed E-state index contributed by atoms with van der Waals surface area (Å²) in [4.78, 5) is 11.1. The number of carboxylic acids is 1. The van der Waals surface area contributed by atoms with Gasteiger partial charge in [0.25, 0.3) is 0 Å². The van der Waals surface area contributed by atoms with Crippen LogP contribution in [-0.2, 0) is 10.0 Å². The van der Waals surface area contributed by atoms with E-state index in [1.54, 1.807) is 18.2 Å².